The molecule has 0 radical (unpaired) electrons. The molecule has 28 heavy (non-hydrogen) atoms. The summed E-state index contributed by atoms with van der Waals surface area (Å²) in [6.45, 7) is 4.17. The fourth-order valence-electron chi connectivity index (χ4n) is 3.10. The molecule has 0 saturated heterocycles. The minimum Gasteiger partial charge on any atom is -0.497 e. The molecule has 0 aliphatic heterocycles. The number of rotatable bonds is 9. The largest absolute Gasteiger partial charge is 0.497 e. The molecule has 1 atom stereocenters. The molecule has 2 aromatic rings. The Morgan fingerprint density at radius 2 is 1.89 bits per heavy atom. The van der Waals surface area contributed by atoms with Crippen molar-refractivity contribution in [1.29, 1.82) is 0 Å². The molecule has 0 aliphatic rings. The lowest BCUT2D eigenvalue weighted by Gasteiger charge is -2.23. The van der Waals surface area contributed by atoms with Crippen LogP contribution < -0.4 is 14.4 Å². The average Bonchev–Trinajstić information content (AvgIpc) is 2.64. The Kier molecular flexibility index (Phi) is 7.45. The molecule has 7 heteroatoms. The van der Waals surface area contributed by atoms with Gasteiger partial charge in [0.25, 0.3) is 0 Å². The summed E-state index contributed by atoms with van der Waals surface area (Å²) in [6, 6.07) is 14.7. The second kappa shape index (κ2) is 9.59. The van der Waals surface area contributed by atoms with Crippen LogP contribution >= 0.6 is 0 Å². The molecule has 0 fully saturated rings. The number of hydrogen-bond acceptors (Lipinski definition) is 4. The van der Waals surface area contributed by atoms with Crippen molar-refractivity contribution < 1.29 is 17.9 Å². The predicted molar refractivity (Wildman–Crippen MR) is 112 cm³/mol. The molecule has 6 nitrogen and oxygen atoms in total. The monoisotopic (exact) mass is 404 g/mol. The van der Waals surface area contributed by atoms with E-state index in [4.69, 9.17) is 4.74 Å². The number of sulfonamides is 1. The molecule has 0 aromatic heterocycles. The molecule has 1 N–H and O–H groups in total. The van der Waals surface area contributed by atoms with E-state index in [9.17, 15) is 13.2 Å². The summed E-state index contributed by atoms with van der Waals surface area (Å²) in [5, 5.41) is 2.98. The maximum atomic E-state index is 12.3. The highest BCUT2D eigenvalue weighted by Gasteiger charge is 2.18. The highest BCUT2D eigenvalue weighted by molar-refractivity contribution is 7.92. The van der Waals surface area contributed by atoms with Gasteiger partial charge in [0.2, 0.25) is 15.9 Å². The van der Waals surface area contributed by atoms with Gasteiger partial charge in [-0.2, -0.15) is 0 Å². The van der Waals surface area contributed by atoms with E-state index in [1.54, 1.807) is 24.3 Å². The highest BCUT2D eigenvalue weighted by Crippen LogP contribution is 2.23. The van der Waals surface area contributed by atoms with Gasteiger partial charge in [-0.15, -0.1) is 0 Å². The average molecular weight is 405 g/mol. The van der Waals surface area contributed by atoms with Crippen LogP contribution in [0.2, 0.25) is 0 Å². The second-order valence-electron chi connectivity index (χ2n) is 6.79. The Labute approximate surface area is 167 Å². The number of hydrogen-bond donors (Lipinski definition) is 1. The van der Waals surface area contributed by atoms with Crippen molar-refractivity contribution in [2.75, 3.05) is 24.2 Å². The van der Waals surface area contributed by atoms with Crippen molar-refractivity contribution in [2.45, 2.75) is 32.7 Å². The third-order valence-corrected chi connectivity index (χ3v) is 5.73. The van der Waals surface area contributed by atoms with Gasteiger partial charge in [-0.05, 0) is 43.5 Å². The topological polar surface area (TPSA) is 75.7 Å². The molecule has 0 saturated carbocycles. The minimum atomic E-state index is -3.47. The van der Waals surface area contributed by atoms with Crippen molar-refractivity contribution >= 4 is 21.6 Å². The minimum absolute atomic E-state index is 0.0990. The summed E-state index contributed by atoms with van der Waals surface area (Å²) in [4.78, 5) is 12.3. The SMILES string of the molecule is COc1cccc(N(CCCC(=O)N[C@H](C)c2ccccc2C)S(C)(=O)=O)c1. The van der Waals surface area contributed by atoms with Crippen LogP contribution in [0.1, 0.15) is 36.9 Å². The van der Waals surface area contributed by atoms with Gasteiger partial charge in [-0.25, -0.2) is 8.42 Å². The zero-order chi connectivity index (χ0) is 20.7. The van der Waals surface area contributed by atoms with Crippen molar-refractivity contribution in [3.63, 3.8) is 0 Å². The van der Waals surface area contributed by atoms with Crippen molar-refractivity contribution in [3.8, 4) is 5.75 Å². The first-order valence-electron chi connectivity index (χ1n) is 9.19. The lowest BCUT2D eigenvalue weighted by atomic mass is 10.0. The lowest BCUT2D eigenvalue weighted by Crippen LogP contribution is -2.32. The summed E-state index contributed by atoms with van der Waals surface area (Å²) in [7, 11) is -1.93. The molecule has 0 aliphatic carbocycles. The van der Waals surface area contributed by atoms with E-state index < -0.39 is 10.0 Å². The number of carbonyl (C=O) groups is 1. The fraction of sp³-hybridized carbons (Fsp3) is 0.381. The smallest absolute Gasteiger partial charge is 0.232 e. The Morgan fingerprint density at radius 3 is 2.54 bits per heavy atom. The number of methoxy groups -OCH3 is 1. The number of benzene rings is 2. The summed E-state index contributed by atoms with van der Waals surface area (Å²) in [6.07, 6.45) is 1.82. The summed E-state index contributed by atoms with van der Waals surface area (Å²) < 4.78 is 30.9. The predicted octanol–water partition coefficient (Wildman–Crippen LogP) is 3.43. The molecule has 0 heterocycles. The number of anilines is 1. The molecule has 0 spiro atoms. The molecule has 2 rings (SSSR count). The van der Waals surface area contributed by atoms with E-state index in [1.807, 2.05) is 38.1 Å². The van der Waals surface area contributed by atoms with E-state index in [1.165, 1.54) is 11.4 Å². The van der Waals surface area contributed by atoms with Gasteiger partial charge in [0.1, 0.15) is 5.75 Å². The van der Waals surface area contributed by atoms with Crippen LogP contribution in [0.4, 0.5) is 5.69 Å². The molecule has 2 aromatic carbocycles. The standard InChI is InChI=1S/C21H28N2O4S/c1-16-9-5-6-12-20(16)17(2)22-21(24)13-8-14-23(28(4,25)26)18-10-7-11-19(15-18)27-3/h5-7,9-12,15,17H,8,13-14H2,1-4H3,(H,22,24)/t17-/m1/s1. The molecular formula is C21H28N2O4S. The zero-order valence-corrected chi connectivity index (χ0v) is 17.6. The number of aryl methyl sites for hydroxylation is 1. The van der Waals surface area contributed by atoms with E-state index in [2.05, 4.69) is 5.32 Å². The van der Waals surface area contributed by atoms with E-state index >= 15 is 0 Å². The first-order valence-corrected chi connectivity index (χ1v) is 11.0. The van der Waals surface area contributed by atoms with Crippen LogP contribution in [-0.4, -0.2) is 34.2 Å². The Morgan fingerprint density at radius 1 is 1.18 bits per heavy atom. The summed E-state index contributed by atoms with van der Waals surface area (Å²) >= 11 is 0. The Hall–Kier alpha value is -2.54. The van der Waals surface area contributed by atoms with Crippen LogP contribution in [0.3, 0.4) is 0 Å². The van der Waals surface area contributed by atoms with Gasteiger partial charge in [0, 0.05) is 19.0 Å². The number of nitrogens with one attached hydrogen (secondary N) is 1. The first kappa shape index (κ1) is 21.8. The van der Waals surface area contributed by atoms with Crippen LogP contribution in [0.5, 0.6) is 5.75 Å². The third-order valence-electron chi connectivity index (χ3n) is 4.54. The molecular weight excluding hydrogens is 376 g/mol. The van der Waals surface area contributed by atoms with Crippen LogP contribution in [0.25, 0.3) is 0 Å². The highest BCUT2D eigenvalue weighted by atomic mass is 32.2. The summed E-state index contributed by atoms with van der Waals surface area (Å²) in [5.74, 6) is 0.478. The number of carbonyl (C=O) groups excluding carboxylic acids is 1. The van der Waals surface area contributed by atoms with Crippen LogP contribution in [0, 0.1) is 6.92 Å². The van der Waals surface area contributed by atoms with Gasteiger partial charge in [0.15, 0.2) is 0 Å². The Bertz CT molecular complexity index is 912. The van der Waals surface area contributed by atoms with Crippen molar-refractivity contribution in [1.82, 2.24) is 5.32 Å². The van der Waals surface area contributed by atoms with Gasteiger partial charge < -0.3 is 10.1 Å². The third kappa shape index (κ3) is 5.99. The van der Waals surface area contributed by atoms with Crippen molar-refractivity contribution in [3.05, 3.63) is 59.7 Å². The van der Waals surface area contributed by atoms with E-state index in [-0.39, 0.29) is 24.9 Å². The number of ether oxygens (including phenoxy) is 1. The van der Waals surface area contributed by atoms with Gasteiger partial charge in [-0.3, -0.25) is 9.10 Å². The maximum absolute atomic E-state index is 12.3. The van der Waals surface area contributed by atoms with Crippen LogP contribution in [-0.2, 0) is 14.8 Å². The summed E-state index contributed by atoms with van der Waals surface area (Å²) in [5.41, 5.74) is 2.72. The lowest BCUT2D eigenvalue weighted by molar-refractivity contribution is -0.121. The number of amides is 1. The molecule has 0 unspecified atom stereocenters. The number of nitrogens with zero attached hydrogens (tertiary/aromatic N) is 1. The van der Waals surface area contributed by atoms with Gasteiger partial charge in [0.05, 0.1) is 25.1 Å². The molecule has 0 bridgehead atoms. The zero-order valence-electron chi connectivity index (χ0n) is 16.8. The molecule has 152 valence electrons. The fourth-order valence-corrected chi connectivity index (χ4v) is 4.06. The van der Waals surface area contributed by atoms with E-state index in [0.29, 0.717) is 17.9 Å². The normalized spacial score (nSPS) is 12.3. The quantitative estimate of drug-likeness (QED) is 0.695. The Balaban J connectivity index is 1.96. The molecule has 1 amide bonds. The van der Waals surface area contributed by atoms with Gasteiger partial charge >= 0.3 is 0 Å². The second-order valence-corrected chi connectivity index (χ2v) is 8.69. The van der Waals surface area contributed by atoms with Crippen molar-refractivity contribution in [2.24, 2.45) is 0 Å². The maximum Gasteiger partial charge on any atom is 0.232 e. The first-order chi connectivity index (χ1) is 13.2. The van der Waals surface area contributed by atoms with Crippen LogP contribution in [0.15, 0.2) is 48.5 Å². The van der Waals surface area contributed by atoms with Gasteiger partial charge in [-0.1, -0.05) is 30.3 Å². The van der Waals surface area contributed by atoms with E-state index in [0.717, 1.165) is 17.4 Å².